The van der Waals surface area contributed by atoms with Crippen molar-refractivity contribution in [2.24, 2.45) is 0 Å². The van der Waals surface area contributed by atoms with Crippen molar-refractivity contribution in [1.29, 1.82) is 0 Å². The molecule has 0 spiro atoms. The Kier molecular flexibility index (Phi) is 7.77. The largest absolute Gasteiger partial charge is 0.495 e. The van der Waals surface area contributed by atoms with Crippen LogP contribution in [0.2, 0.25) is 0 Å². The van der Waals surface area contributed by atoms with Gasteiger partial charge in [0.15, 0.2) is 16.3 Å². The second-order valence-electron chi connectivity index (χ2n) is 8.02. The summed E-state index contributed by atoms with van der Waals surface area (Å²) in [7, 11) is 1.57. The fourth-order valence-electron chi connectivity index (χ4n) is 3.68. The zero-order valence-corrected chi connectivity index (χ0v) is 20.7. The summed E-state index contributed by atoms with van der Waals surface area (Å²) in [5.41, 5.74) is 2.93. The lowest BCUT2D eigenvalue weighted by atomic mass is 10.1. The highest BCUT2D eigenvalue weighted by Gasteiger charge is 2.23. The first-order valence-electron chi connectivity index (χ1n) is 11.4. The molecule has 0 unspecified atom stereocenters. The third-order valence-corrected chi connectivity index (χ3v) is 6.90. The molecule has 0 saturated carbocycles. The SMILES string of the molecule is CC[C@@H](Sc1nc2nccnc2c(=O)n1CCc1ccccc1)C(=O)Nc1cc(C)ccc1OC. The summed E-state index contributed by atoms with van der Waals surface area (Å²) in [4.78, 5) is 39.6. The number of carbonyl (C=O) groups excluding carboxylic acids is 1. The van der Waals surface area contributed by atoms with Crippen LogP contribution in [0, 0.1) is 6.92 Å². The standard InChI is InChI=1S/C26H27N5O3S/c1-4-21(24(32)29-19-16-17(2)10-11-20(19)34-3)35-26-30-23-22(27-13-14-28-23)25(33)31(26)15-12-18-8-6-5-7-9-18/h5-11,13-14,16,21H,4,12,15H2,1-3H3,(H,29,32)/t21-/m1/s1. The van der Waals surface area contributed by atoms with Gasteiger partial charge >= 0.3 is 0 Å². The lowest BCUT2D eigenvalue weighted by molar-refractivity contribution is -0.115. The molecule has 9 heteroatoms. The Morgan fingerprint density at radius 1 is 1.14 bits per heavy atom. The number of rotatable bonds is 9. The minimum atomic E-state index is -0.482. The summed E-state index contributed by atoms with van der Waals surface area (Å²) in [6.45, 7) is 4.29. The van der Waals surface area contributed by atoms with Crippen molar-refractivity contribution < 1.29 is 9.53 Å². The zero-order chi connectivity index (χ0) is 24.8. The summed E-state index contributed by atoms with van der Waals surface area (Å²) in [6.07, 6.45) is 4.17. The molecular weight excluding hydrogens is 462 g/mol. The predicted molar refractivity (Wildman–Crippen MR) is 138 cm³/mol. The van der Waals surface area contributed by atoms with Crippen LogP contribution in [0.25, 0.3) is 11.2 Å². The Labute approximate surface area is 207 Å². The van der Waals surface area contributed by atoms with Crippen molar-refractivity contribution in [1.82, 2.24) is 19.5 Å². The minimum Gasteiger partial charge on any atom is -0.495 e. The van der Waals surface area contributed by atoms with E-state index < -0.39 is 5.25 Å². The second kappa shape index (κ2) is 11.1. The highest BCUT2D eigenvalue weighted by Crippen LogP contribution is 2.29. The van der Waals surface area contributed by atoms with Crippen LogP contribution in [0.5, 0.6) is 5.75 Å². The lowest BCUT2D eigenvalue weighted by Gasteiger charge is -2.18. The van der Waals surface area contributed by atoms with E-state index in [2.05, 4.69) is 20.3 Å². The highest BCUT2D eigenvalue weighted by molar-refractivity contribution is 8.00. The van der Waals surface area contributed by atoms with Gasteiger partial charge in [-0.2, -0.15) is 0 Å². The molecule has 35 heavy (non-hydrogen) atoms. The molecule has 2 aromatic heterocycles. The number of methoxy groups -OCH3 is 1. The van der Waals surface area contributed by atoms with Gasteiger partial charge in [-0.05, 0) is 43.0 Å². The molecule has 0 aliphatic rings. The smallest absolute Gasteiger partial charge is 0.282 e. The van der Waals surface area contributed by atoms with Crippen LogP contribution < -0.4 is 15.6 Å². The van der Waals surface area contributed by atoms with Crippen molar-refractivity contribution in [2.45, 2.75) is 43.6 Å². The average molecular weight is 490 g/mol. The Morgan fingerprint density at radius 2 is 1.91 bits per heavy atom. The molecule has 1 amide bonds. The molecule has 1 N–H and O–H groups in total. The third kappa shape index (κ3) is 5.68. The second-order valence-corrected chi connectivity index (χ2v) is 9.19. The normalized spacial score (nSPS) is 11.9. The van der Waals surface area contributed by atoms with Crippen LogP contribution in [0.3, 0.4) is 0 Å². The molecule has 2 heterocycles. The van der Waals surface area contributed by atoms with Gasteiger partial charge in [0, 0.05) is 18.9 Å². The van der Waals surface area contributed by atoms with Gasteiger partial charge in [0.05, 0.1) is 18.0 Å². The van der Waals surface area contributed by atoms with Crippen molar-refractivity contribution in [3.8, 4) is 5.75 Å². The van der Waals surface area contributed by atoms with Gasteiger partial charge < -0.3 is 10.1 Å². The van der Waals surface area contributed by atoms with Gasteiger partial charge in [-0.1, -0.05) is 55.1 Å². The Balaban J connectivity index is 1.64. The number of thioether (sulfide) groups is 1. The summed E-state index contributed by atoms with van der Waals surface area (Å²) in [6, 6.07) is 15.5. The van der Waals surface area contributed by atoms with Gasteiger partial charge in [-0.25, -0.2) is 15.0 Å². The first-order chi connectivity index (χ1) is 17.0. The van der Waals surface area contributed by atoms with Gasteiger partial charge in [-0.3, -0.25) is 14.2 Å². The maximum atomic E-state index is 13.3. The molecule has 0 aliphatic heterocycles. The van der Waals surface area contributed by atoms with Gasteiger partial charge in [0.25, 0.3) is 5.56 Å². The average Bonchev–Trinajstić information content (AvgIpc) is 2.87. The van der Waals surface area contributed by atoms with Crippen LogP contribution in [-0.2, 0) is 17.8 Å². The number of benzene rings is 2. The third-order valence-electron chi connectivity index (χ3n) is 5.55. The quantitative estimate of drug-likeness (QED) is 0.277. The number of carbonyl (C=O) groups is 1. The van der Waals surface area contributed by atoms with E-state index in [-0.39, 0.29) is 22.6 Å². The molecule has 0 bridgehead atoms. The van der Waals surface area contributed by atoms with Crippen LogP contribution in [0.15, 0.2) is 70.9 Å². The number of ether oxygens (including phenoxy) is 1. The number of hydrogen-bond donors (Lipinski definition) is 1. The van der Waals surface area contributed by atoms with Crippen molar-refractivity contribution in [3.05, 3.63) is 82.4 Å². The fraction of sp³-hybridized carbons (Fsp3) is 0.269. The van der Waals surface area contributed by atoms with E-state index in [9.17, 15) is 9.59 Å². The van der Waals surface area contributed by atoms with E-state index >= 15 is 0 Å². The number of anilines is 1. The zero-order valence-electron chi connectivity index (χ0n) is 19.9. The summed E-state index contributed by atoms with van der Waals surface area (Å²) in [5, 5.41) is 2.93. The Hall–Kier alpha value is -3.72. The van der Waals surface area contributed by atoms with E-state index in [0.717, 1.165) is 11.1 Å². The molecule has 8 nitrogen and oxygen atoms in total. The maximum absolute atomic E-state index is 13.3. The van der Waals surface area contributed by atoms with Crippen molar-refractivity contribution in [2.75, 3.05) is 12.4 Å². The number of aromatic nitrogens is 4. The number of nitrogens with one attached hydrogen (secondary N) is 1. The van der Waals surface area contributed by atoms with Crippen LogP contribution in [0.1, 0.15) is 24.5 Å². The number of aryl methyl sites for hydroxylation is 2. The molecule has 180 valence electrons. The van der Waals surface area contributed by atoms with E-state index in [0.29, 0.717) is 36.0 Å². The van der Waals surface area contributed by atoms with Crippen LogP contribution in [-0.4, -0.2) is 37.8 Å². The van der Waals surface area contributed by atoms with Crippen molar-refractivity contribution in [3.63, 3.8) is 0 Å². The van der Waals surface area contributed by atoms with Crippen molar-refractivity contribution >= 4 is 34.5 Å². The minimum absolute atomic E-state index is 0.190. The topological polar surface area (TPSA) is 99.0 Å². The fourth-order valence-corrected chi connectivity index (χ4v) is 4.71. The summed E-state index contributed by atoms with van der Waals surface area (Å²) in [5.74, 6) is 0.396. The van der Waals surface area contributed by atoms with E-state index in [1.807, 2.05) is 62.4 Å². The number of hydrogen-bond acceptors (Lipinski definition) is 7. The van der Waals surface area contributed by atoms with Gasteiger partial charge in [-0.15, -0.1) is 0 Å². The predicted octanol–water partition coefficient (Wildman–Crippen LogP) is 4.26. The summed E-state index contributed by atoms with van der Waals surface area (Å²) >= 11 is 1.26. The molecule has 0 saturated heterocycles. The Morgan fingerprint density at radius 3 is 2.66 bits per heavy atom. The lowest BCUT2D eigenvalue weighted by Crippen LogP contribution is -2.29. The molecule has 0 aliphatic carbocycles. The van der Waals surface area contributed by atoms with Gasteiger partial charge in [0.1, 0.15) is 5.75 Å². The monoisotopic (exact) mass is 489 g/mol. The van der Waals surface area contributed by atoms with E-state index in [1.54, 1.807) is 11.7 Å². The molecule has 4 rings (SSSR count). The Bertz CT molecular complexity index is 1390. The molecule has 0 radical (unpaired) electrons. The number of amides is 1. The van der Waals surface area contributed by atoms with Gasteiger partial charge in [0.2, 0.25) is 5.91 Å². The first kappa shape index (κ1) is 24.4. The number of nitrogens with zero attached hydrogens (tertiary/aromatic N) is 4. The molecule has 2 aromatic carbocycles. The van der Waals surface area contributed by atoms with E-state index in [4.69, 9.17) is 4.74 Å². The van der Waals surface area contributed by atoms with Crippen LogP contribution >= 0.6 is 11.8 Å². The van der Waals surface area contributed by atoms with E-state index in [1.165, 1.54) is 24.2 Å². The highest BCUT2D eigenvalue weighted by atomic mass is 32.2. The molecule has 0 fully saturated rings. The number of fused-ring (bicyclic) bond motifs is 1. The molecule has 1 atom stereocenters. The molecule has 4 aromatic rings. The first-order valence-corrected chi connectivity index (χ1v) is 12.3. The summed E-state index contributed by atoms with van der Waals surface area (Å²) < 4.78 is 6.99. The molecular formula is C26H27N5O3S. The maximum Gasteiger partial charge on any atom is 0.282 e. The van der Waals surface area contributed by atoms with Crippen LogP contribution in [0.4, 0.5) is 5.69 Å².